The van der Waals surface area contributed by atoms with Gasteiger partial charge in [-0.3, -0.25) is 20.3 Å². The van der Waals surface area contributed by atoms with Crippen molar-refractivity contribution in [3.63, 3.8) is 0 Å². The Bertz CT molecular complexity index is 1290. The summed E-state index contributed by atoms with van der Waals surface area (Å²) in [6.45, 7) is 12.2. The van der Waals surface area contributed by atoms with Crippen molar-refractivity contribution >= 4 is 5.97 Å². The number of ether oxygens (including phenoxy) is 2. The second-order valence-electron chi connectivity index (χ2n) is 13.7. The Morgan fingerprint density at radius 3 is 1.89 bits per heavy atom. The highest BCUT2D eigenvalue weighted by molar-refractivity contribution is 5.75. The number of nitrogens with zero attached hydrogens (tertiary/aromatic N) is 1. The molecular weight excluding hydrogens is 594 g/mol. The lowest BCUT2D eigenvalue weighted by molar-refractivity contribution is -0.244. The van der Waals surface area contributed by atoms with Gasteiger partial charge >= 0.3 is 5.97 Å². The minimum absolute atomic E-state index is 0.0149. The zero-order valence-electron chi connectivity index (χ0n) is 28.8. The Kier molecular flexibility index (Phi) is 15.5. The zero-order chi connectivity index (χ0) is 34.4. The van der Waals surface area contributed by atoms with Gasteiger partial charge in [0.1, 0.15) is 25.1 Å². The van der Waals surface area contributed by atoms with E-state index >= 15 is 0 Å². The number of aliphatic hydroxyl groups excluding tert-OH is 3. The molecule has 0 radical (unpaired) electrons. The number of nitrogens with one attached hydrogen (secondary N) is 2. The van der Waals surface area contributed by atoms with E-state index in [0.29, 0.717) is 19.4 Å². The summed E-state index contributed by atoms with van der Waals surface area (Å²) < 4.78 is 11.5. The molecule has 47 heavy (non-hydrogen) atoms. The molecule has 0 spiro atoms. The van der Waals surface area contributed by atoms with Crippen LogP contribution in [0.2, 0.25) is 0 Å². The maximum absolute atomic E-state index is 13.2. The van der Waals surface area contributed by atoms with Gasteiger partial charge in [-0.1, -0.05) is 112 Å². The van der Waals surface area contributed by atoms with Crippen molar-refractivity contribution in [2.24, 2.45) is 5.92 Å². The van der Waals surface area contributed by atoms with Crippen molar-refractivity contribution in [1.82, 2.24) is 15.5 Å². The molecule has 0 saturated carbocycles. The van der Waals surface area contributed by atoms with Crippen LogP contribution in [0.1, 0.15) is 70.6 Å². The zero-order valence-corrected chi connectivity index (χ0v) is 28.8. The third kappa shape index (κ3) is 14.2. The summed E-state index contributed by atoms with van der Waals surface area (Å²) in [6, 6.07) is 27.6. The smallest absolute Gasteiger partial charge is 0.323 e. The quantitative estimate of drug-likeness (QED) is 0.0924. The molecule has 0 unspecified atom stereocenters. The highest BCUT2D eigenvalue weighted by Gasteiger charge is 2.31. The number of benzene rings is 3. The van der Waals surface area contributed by atoms with E-state index in [1.165, 1.54) is 0 Å². The van der Waals surface area contributed by atoms with Crippen molar-refractivity contribution in [3.05, 3.63) is 108 Å². The highest BCUT2D eigenvalue weighted by atomic mass is 16.6. The van der Waals surface area contributed by atoms with Gasteiger partial charge in [0.15, 0.2) is 0 Å². The van der Waals surface area contributed by atoms with Gasteiger partial charge in [0, 0.05) is 13.1 Å². The molecule has 0 heterocycles. The van der Waals surface area contributed by atoms with E-state index in [9.17, 15) is 20.1 Å². The minimum atomic E-state index is -1.27. The van der Waals surface area contributed by atoms with E-state index in [4.69, 9.17) is 9.47 Å². The number of carbonyl (C=O) groups excluding carboxylic acids is 1. The van der Waals surface area contributed by atoms with Gasteiger partial charge in [0.25, 0.3) is 0 Å². The average Bonchev–Trinajstić information content (AvgIpc) is 3.03. The summed E-state index contributed by atoms with van der Waals surface area (Å²) in [7, 11) is 0. The van der Waals surface area contributed by atoms with Crippen LogP contribution < -0.4 is 10.6 Å². The largest absolute Gasteiger partial charge is 0.460 e. The van der Waals surface area contributed by atoms with E-state index in [1.54, 1.807) is 4.90 Å². The molecule has 258 valence electrons. The van der Waals surface area contributed by atoms with Crippen LogP contribution in [0.4, 0.5) is 0 Å². The van der Waals surface area contributed by atoms with Gasteiger partial charge in [-0.2, -0.15) is 0 Å². The molecule has 3 aromatic rings. The molecule has 9 heteroatoms. The predicted octanol–water partition coefficient (Wildman–Crippen LogP) is 4.77. The monoisotopic (exact) mass is 649 g/mol. The first kappa shape index (κ1) is 38.3. The molecule has 0 aliphatic heterocycles. The minimum Gasteiger partial charge on any atom is -0.460 e. The Hall–Kier alpha value is -3.15. The number of aliphatic hydroxyl groups is 3. The molecule has 0 aromatic heterocycles. The van der Waals surface area contributed by atoms with Crippen LogP contribution in [0, 0.1) is 5.92 Å². The molecule has 5 N–H and O–H groups in total. The number of esters is 1. The molecule has 0 bridgehead atoms. The lowest BCUT2D eigenvalue weighted by Crippen LogP contribution is -2.59. The Morgan fingerprint density at radius 1 is 0.787 bits per heavy atom. The molecule has 0 aliphatic rings. The summed E-state index contributed by atoms with van der Waals surface area (Å²) in [6.07, 6.45) is -2.84. The first-order chi connectivity index (χ1) is 22.3. The fraction of sp³-hybridized carbons (Fsp3) is 0.500. The van der Waals surface area contributed by atoms with Gasteiger partial charge < -0.3 is 24.8 Å². The molecule has 3 rings (SSSR count). The van der Waals surface area contributed by atoms with Crippen LogP contribution in [0.3, 0.4) is 0 Å². The van der Waals surface area contributed by atoms with Crippen molar-refractivity contribution in [3.8, 4) is 0 Å². The maximum atomic E-state index is 13.2. The molecular formula is C38H55N3O6. The first-order valence-corrected chi connectivity index (χ1v) is 16.6. The topological polar surface area (TPSA) is 124 Å². The van der Waals surface area contributed by atoms with Crippen LogP contribution in [-0.2, 0) is 27.3 Å². The number of rotatable bonds is 19. The van der Waals surface area contributed by atoms with Gasteiger partial charge in [0.2, 0.25) is 6.41 Å². The van der Waals surface area contributed by atoms with Crippen molar-refractivity contribution < 1.29 is 29.6 Å². The van der Waals surface area contributed by atoms with Crippen LogP contribution >= 0.6 is 0 Å². The fourth-order valence-corrected chi connectivity index (χ4v) is 5.39. The van der Waals surface area contributed by atoms with E-state index in [-0.39, 0.29) is 25.0 Å². The predicted molar refractivity (Wildman–Crippen MR) is 185 cm³/mol. The average molecular weight is 650 g/mol. The van der Waals surface area contributed by atoms with Crippen molar-refractivity contribution in [1.29, 1.82) is 0 Å². The lowest BCUT2D eigenvalue weighted by Gasteiger charge is -2.36. The van der Waals surface area contributed by atoms with E-state index < -0.39 is 42.5 Å². The SMILES string of the molecule is CC(C)C[C@@H](N[C@H](O)[C@@H](Cc1ccccc1)N[C@H](O)CN(C[C@H](C)c1ccccc1)[C@H](O)OC(C)(C)C)C(=O)OCc1ccccc1. The van der Waals surface area contributed by atoms with Crippen LogP contribution in [0.15, 0.2) is 91.0 Å². The van der Waals surface area contributed by atoms with E-state index in [2.05, 4.69) is 17.6 Å². The second kappa shape index (κ2) is 19.0. The summed E-state index contributed by atoms with van der Waals surface area (Å²) in [4.78, 5) is 14.9. The third-order valence-electron chi connectivity index (χ3n) is 7.73. The summed E-state index contributed by atoms with van der Waals surface area (Å²) in [5.74, 6) is -0.267. The van der Waals surface area contributed by atoms with Gasteiger partial charge in [-0.15, -0.1) is 0 Å². The molecule has 0 saturated heterocycles. The highest BCUT2D eigenvalue weighted by Crippen LogP contribution is 2.20. The Balaban J connectivity index is 1.77. The summed E-state index contributed by atoms with van der Waals surface area (Å²) >= 11 is 0. The molecule has 6 atom stereocenters. The summed E-state index contributed by atoms with van der Waals surface area (Å²) in [5.41, 5.74) is 2.29. The van der Waals surface area contributed by atoms with Crippen molar-refractivity contribution in [2.45, 2.75) is 103 Å². The standard InChI is InChI=1S/C38H55N3O6/c1-27(2)22-33(36(44)46-26-30-18-12-8-13-19-30)40-35(43)32(23-29-16-10-7-11-17-29)39-34(42)25-41(37(45)47-38(4,5)6)24-28(3)31-20-14-9-15-21-31/h7-21,27-28,32-35,37,39-40,42-43,45H,22-26H2,1-6H3/t28-,32+,33+,34+,35+,37+/m0/s1. The lowest BCUT2D eigenvalue weighted by atomic mass is 10.0. The van der Waals surface area contributed by atoms with Gasteiger partial charge in [-0.05, 0) is 62.1 Å². The molecule has 0 aliphatic carbocycles. The third-order valence-corrected chi connectivity index (χ3v) is 7.73. The maximum Gasteiger partial charge on any atom is 0.323 e. The van der Waals surface area contributed by atoms with Gasteiger partial charge in [-0.25, -0.2) is 0 Å². The Morgan fingerprint density at radius 2 is 1.34 bits per heavy atom. The number of hydrogen-bond donors (Lipinski definition) is 5. The second-order valence-corrected chi connectivity index (χ2v) is 13.7. The number of hydrogen-bond acceptors (Lipinski definition) is 9. The molecule has 3 aromatic carbocycles. The van der Waals surface area contributed by atoms with E-state index in [0.717, 1.165) is 16.7 Å². The van der Waals surface area contributed by atoms with Crippen LogP contribution in [-0.4, -0.2) is 75.8 Å². The number of carbonyl (C=O) groups is 1. The van der Waals surface area contributed by atoms with Crippen LogP contribution in [0.5, 0.6) is 0 Å². The molecule has 0 amide bonds. The Labute approximate surface area is 280 Å². The fourth-order valence-electron chi connectivity index (χ4n) is 5.39. The molecule has 0 fully saturated rings. The molecule has 9 nitrogen and oxygen atoms in total. The summed E-state index contributed by atoms with van der Waals surface area (Å²) in [5, 5.41) is 40.3. The normalized spacial score (nSPS) is 16.0. The van der Waals surface area contributed by atoms with E-state index in [1.807, 2.05) is 126 Å². The first-order valence-electron chi connectivity index (χ1n) is 16.6. The van der Waals surface area contributed by atoms with Crippen molar-refractivity contribution in [2.75, 3.05) is 13.1 Å². The van der Waals surface area contributed by atoms with Gasteiger partial charge in [0.05, 0.1) is 11.6 Å². The van der Waals surface area contributed by atoms with Crippen LogP contribution in [0.25, 0.3) is 0 Å².